The summed E-state index contributed by atoms with van der Waals surface area (Å²) in [6.07, 6.45) is 0. The van der Waals surface area contributed by atoms with Crippen molar-refractivity contribution >= 4 is 30.4 Å². The van der Waals surface area contributed by atoms with E-state index in [0.717, 1.165) is 11.1 Å². The molecule has 90 valence electrons. The van der Waals surface area contributed by atoms with Crippen LogP contribution in [0.2, 0.25) is 0 Å². The van der Waals surface area contributed by atoms with Crippen molar-refractivity contribution in [2.24, 2.45) is 0 Å². The monoisotopic (exact) mass is 280 g/mol. The third kappa shape index (κ3) is 3.72. The summed E-state index contributed by atoms with van der Waals surface area (Å²) in [5.41, 5.74) is 1.98. The Kier molecular flexibility index (Phi) is 4.77. The Hall–Kier alpha value is -0.120. The molecule has 1 unspecified atom stereocenters. The van der Waals surface area contributed by atoms with Gasteiger partial charge in [0.15, 0.2) is 0 Å². The second kappa shape index (κ2) is 5.48. The molecule has 1 aromatic rings. The maximum atomic E-state index is 9.52. The van der Waals surface area contributed by atoms with Gasteiger partial charge >= 0.3 is 6.72 Å². The lowest BCUT2D eigenvalue weighted by molar-refractivity contribution is 0.389. The Morgan fingerprint density at radius 1 is 1.44 bits per heavy atom. The van der Waals surface area contributed by atoms with Crippen LogP contribution in [0.4, 0.5) is 0 Å². The fourth-order valence-electron chi connectivity index (χ4n) is 1.34. The predicted octanol–water partition coefficient (Wildman–Crippen LogP) is 3.88. The van der Waals surface area contributed by atoms with Gasteiger partial charge in [-0.05, 0) is 30.0 Å². The van der Waals surface area contributed by atoms with Crippen molar-refractivity contribution < 1.29 is 13.5 Å². The van der Waals surface area contributed by atoms with Gasteiger partial charge in [-0.15, -0.1) is 0 Å². The molecule has 1 N–H and O–H groups in total. The third-order valence-electron chi connectivity index (χ3n) is 2.09. The van der Waals surface area contributed by atoms with Gasteiger partial charge in [0.2, 0.25) is 0 Å². The molecule has 6 heteroatoms. The standard InChI is InChI=1S/C10H14ClO3PS/c1-7(2)9-5-4-8(3)6-10(9)13-15(12,16)14-11/h4-7H,1-3H3,(H,12,16). The fraction of sp³-hybridized carbons (Fsp3) is 0.400. The van der Waals surface area contributed by atoms with Crippen molar-refractivity contribution in [2.75, 3.05) is 0 Å². The molecule has 0 heterocycles. The first-order valence-corrected chi connectivity index (χ1v) is 7.69. The van der Waals surface area contributed by atoms with E-state index in [-0.39, 0.29) is 5.92 Å². The molecule has 0 amide bonds. The van der Waals surface area contributed by atoms with E-state index in [1.165, 1.54) is 0 Å². The largest absolute Gasteiger partial charge is 0.423 e. The molecule has 0 fully saturated rings. The number of benzene rings is 1. The zero-order valence-electron chi connectivity index (χ0n) is 9.31. The lowest BCUT2D eigenvalue weighted by Gasteiger charge is -2.17. The summed E-state index contributed by atoms with van der Waals surface area (Å²) in [6.45, 7) is 2.60. The van der Waals surface area contributed by atoms with Gasteiger partial charge in [0.1, 0.15) is 5.75 Å². The summed E-state index contributed by atoms with van der Waals surface area (Å²) >= 11 is 9.79. The van der Waals surface area contributed by atoms with Gasteiger partial charge in [-0.2, -0.15) is 4.08 Å². The summed E-state index contributed by atoms with van der Waals surface area (Å²) in [7, 11) is 0. The quantitative estimate of drug-likeness (QED) is 0.850. The van der Waals surface area contributed by atoms with E-state index < -0.39 is 6.72 Å². The minimum atomic E-state index is -3.38. The Bertz CT molecular complexity index is 423. The van der Waals surface area contributed by atoms with Crippen molar-refractivity contribution in [2.45, 2.75) is 26.7 Å². The Morgan fingerprint density at radius 3 is 2.56 bits per heavy atom. The van der Waals surface area contributed by atoms with Crippen LogP contribution in [0, 0.1) is 6.92 Å². The van der Waals surface area contributed by atoms with Gasteiger partial charge in [0.25, 0.3) is 0 Å². The van der Waals surface area contributed by atoms with Gasteiger partial charge in [-0.1, -0.05) is 26.0 Å². The van der Waals surface area contributed by atoms with Crippen LogP contribution in [0.1, 0.15) is 30.9 Å². The highest BCUT2D eigenvalue weighted by atomic mass is 35.5. The van der Waals surface area contributed by atoms with Crippen LogP contribution >= 0.6 is 18.6 Å². The number of rotatable bonds is 4. The second-order valence-electron chi connectivity index (χ2n) is 3.82. The topological polar surface area (TPSA) is 38.7 Å². The van der Waals surface area contributed by atoms with E-state index in [1.807, 2.05) is 39.0 Å². The molecule has 1 rings (SSSR count). The van der Waals surface area contributed by atoms with Crippen LogP contribution in [-0.2, 0) is 15.9 Å². The Balaban J connectivity index is 3.11. The van der Waals surface area contributed by atoms with Gasteiger partial charge in [-0.3, -0.25) is 0 Å². The summed E-state index contributed by atoms with van der Waals surface area (Å²) in [4.78, 5) is 9.52. The minimum absolute atomic E-state index is 0.265. The second-order valence-corrected chi connectivity index (χ2v) is 6.88. The summed E-state index contributed by atoms with van der Waals surface area (Å²) in [6, 6.07) is 5.73. The minimum Gasteiger partial charge on any atom is -0.423 e. The normalized spacial score (nSPS) is 14.9. The molecule has 0 bridgehead atoms. The average molecular weight is 281 g/mol. The molecule has 0 spiro atoms. The highest BCUT2D eigenvalue weighted by Crippen LogP contribution is 2.47. The number of hydrogen-bond acceptors (Lipinski definition) is 3. The Labute approximate surface area is 106 Å². The molecule has 0 aromatic heterocycles. The first kappa shape index (κ1) is 13.9. The van der Waals surface area contributed by atoms with E-state index in [9.17, 15) is 4.89 Å². The van der Waals surface area contributed by atoms with E-state index in [2.05, 4.69) is 4.08 Å². The third-order valence-corrected chi connectivity index (χ3v) is 3.95. The molecular weight excluding hydrogens is 267 g/mol. The molecule has 0 aliphatic heterocycles. The molecule has 0 aliphatic rings. The molecule has 16 heavy (non-hydrogen) atoms. The maximum absolute atomic E-state index is 9.52. The summed E-state index contributed by atoms with van der Waals surface area (Å²) < 4.78 is 9.50. The molecule has 1 aromatic carbocycles. The van der Waals surface area contributed by atoms with Crippen LogP contribution in [0.25, 0.3) is 0 Å². The molecule has 3 nitrogen and oxygen atoms in total. The predicted molar refractivity (Wildman–Crippen MR) is 69.3 cm³/mol. The van der Waals surface area contributed by atoms with E-state index in [4.69, 9.17) is 28.2 Å². The molecule has 0 aliphatic carbocycles. The van der Waals surface area contributed by atoms with Gasteiger partial charge < -0.3 is 9.42 Å². The fourth-order valence-corrected chi connectivity index (χ4v) is 2.10. The number of hydrogen-bond donors (Lipinski definition) is 1. The van der Waals surface area contributed by atoms with Crippen LogP contribution in [0.15, 0.2) is 18.2 Å². The van der Waals surface area contributed by atoms with E-state index in [1.54, 1.807) is 0 Å². The number of aryl methyl sites for hydroxylation is 1. The first-order chi connectivity index (χ1) is 7.35. The zero-order chi connectivity index (χ0) is 12.3. The summed E-state index contributed by atoms with van der Waals surface area (Å²) in [5.74, 6) is 0.794. The average Bonchev–Trinajstić information content (AvgIpc) is 2.16. The van der Waals surface area contributed by atoms with Crippen LogP contribution < -0.4 is 4.52 Å². The van der Waals surface area contributed by atoms with Crippen molar-refractivity contribution in [3.05, 3.63) is 29.3 Å². The van der Waals surface area contributed by atoms with Crippen LogP contribution in [-0.4, -0.2) is 4.89 Å². The maximum Gasteiger partial charge on any atom is 0.394 e. The van der Waals surface area contributed by atoms with Crippen molar-refractivity contribution in [1.29, 1.82) is 0 Å². The molecule has 0 saturated heterocycles. The van der Waals surface area contributed by atoms with Crippen LogP contribution in [0.5, 0.6) is 5.75 Å². The molecule has 0 saturated carbocycles. The van der Waals surface area contributed by atoms with Crippen molar-refractivity contribution in [1.82, 2.24) is 0 Å². The van der Waals surface area contributed by atoms with Gasteiger partial charge in [0, 0.05) is 11.8 Å². The highest BCUT2D eigenvalue weighted by Gasteiger charge is 2.19. The Morgan fingerprint density at radius 2 is 2.06 bits per heavy atom. The highest BCUT2D eigenvalue weighted by molar-refractivity contribution is 8.07. The lowest BCUT2D eigenvalue weighted by atomic mass is 10.0. The summed E-state index contributed by atoms with van der Waals surface area (Å²) in [5, 5.41) is 0. The first-order valence-electron chi connectivity index (χ1n) is 4.79. The van der Waals surface area contributed by atoms with E-state index >= 15 is 0 Å². The van der Waals surface area contributed by atoms with Gasteiger partial charge in [-0.25, -0.2) is 0 Å². The molecule has 1 atom stereocenters. The lowest BCUT2D eigenvalue weighted by Crippen LogP contribution is -1.97. The zero-order valence-corrected chi connectivity index (χ0v) is 11.8. The number of halogens is 1. The smallest absolute Gasteiger partial charge is 0.394 e. The molecule has 0 radical (unpaired) electrons. The van der Waals surface area contributed by atoms with E-state index in [0.29, 0.717) is 5.75 Å². The van der Waals surface area contributed by atoms with Crippen LogP contribution in [0.3, 0.4) is 0 Å². The van der Waals surface area contributed by atoms with Crippen molar-refractivity contribution in [3.63, 3.8) is 0 Å². The SMILES string of the molecule is Cc1ccc(C(C)C)c(OP(O)(=S)OCl)c1. The van der Waals surface area contributed by atoms with Gasteiger partial charge in [0.05, 0.1) is 11.9 Å². The molecular formula is C10H14ClO3PS. The van der Waals surface area contributed by atoms with Crippen molar-refractivity contribution in [3.8, 4) is 5.75 Å².